The smallest absolute Gasteiger partial charge is 0.157 e. The van der Waals surface area contributed by atoms with Crippen molar-refractivity contribution in [2.75, 3.05) is 11.7 Å². The molecular formula is C10H18N4O2S. The lowest BCUT2D eigenvalue weighted by Crippen LogP contribution is -2.18. The normalized spacial score (nSPS) is 13.5. The first-order valence-electron chi connectivity index (χ1n) is 5.34. The summed E-state index contributed by atoms with van der Waals surface area (Å²) >= 11 is 0. The van der Waals surface area contributed by atoms with Crippen molar-refractivity contribution in [3.05, 3.63) is 17.1 Å². The topological polar surface area (TPSA) is 98.0 Å². The van der Waals surface area contributed by atoms with Crippen LogP contribution in [-0.4, -0.2) is 24.6 Å². The number of nitrogen functional groups attached to an aromatic ring is 1. The van der Waals surface area contributed by atoms with Crippen LogP contribution in [0.5, 0.6) is 0 Å². The number of rotatable bonds is 4. The number of nitrogens with one attached hydrogen (secondary N) is 1. The van der Waals surface area contributed by atoms with Crippen LogP contribution in [0, 0.1) is 6.92 Å². The summed E-state index contributed by atoms with van der Waals surface area (Å²) in [4.78, 5) is 8.40. The fourth-order valence-corrected chi connectivity index (χ4v) is 2.02. The average Bonchev–Trinajstić information content (AvgIpc) is 2.25. The summed E-state index contributed by atoms with van der Waals surface area (Å²) in [6, 6.07) is 0. The number of hydrogen-bond acceptors (Lipinski definition) is 6. The standard InChI is InChI=1S/C10H18N4O2S/c1-5-8-6(2)12-9(13-10(8)14-11)7(3)17(4,15)16/h7H,5,11H2,1-4H3,(H,12,13,14). The van der Waals surface area contributed by atoms with Crippen LogP contribution in [0.15, 0.2) is 0 Å². The Morgan fingerprint density at radius 3 is 2.41 bits per heavy atom. The van der Waals surface area contributed by atoms with Gasteiger partial charge in [-0.15, -0.1) is 0 Å². The van der Waals surface area contributed by atoms with Crippen LogP contribution in [-0.2, 0) is 16.3 Å². The van der Waals surface area contributed by atoms with E-state index >= 15 is 0 Å². The second-order valence-corrected chi connectivity index (χ2v) is 6.33. The first-order chi connectivity index (χ1) is 7.81. The first kappa shape index (κ1) is 13.9. The van der Waals surface area contributed by atoms with Gasteiger partial charge in [0.1, 0.15) is 16.9 Å². The van der Waals surface area contributed by atoms with E-state index in [2.05, 4.69) is 15.4 Å². The SMILES string of the molecule is CCc1c(C)nc(C(C)S(C)(=O)=O)nc1NN. The molecule has 3 N–H and O–H groups in total. The zero-order valence-electron chi connectivity index (χ0n) is 10.5. The highest BCUT2D eigenvalue weighted by atomic mass is 32.2. The van der Waals surface area contributed by atoms with E-state index in [0.717, 1.165) is 17.7 Å². The largest absolute Gasteiger partial charge is 0.308 e. The van der Waals surface area contributed by atoms with Gasteiger partial charge in [0.05, 0.1) is 0 Å². The number of sulfone groups is 1. The third-order valence-electron chi connectivity index (χ3n) is 2.73. The van der Waals surface area contributed by atoms with Crippen molar-refractivity contribution < 1.29 is 8.42 Å². The van der Waals surface area contributed by atoms with Crippen LogP contribution in [0.2, 0.25) is 0 Å². The molecule has 0 saturated heterocycles. The Balaban J connectivity index is 3.34. The molecule has 0 bridgehead atoms. The van der Waals surface area contributed by atoms with E-state index in [4.69, 9.17) is 5.84 Å². The zero-order chi connectivity index (χ0) is 13.2. The maximum Gasteiger partial charge on any atom is 0.157 e. The Bertz CT molecular complexity index is 513. The number of hydrazine groups is 1. The van der Waals surface area contributed by atoms with Crippen LogP contribution < -0.4 is 11.3 Å². The minimum Gasteiger partial charge on any atom is -0.308 e. The lowest BCUT2D eigenvalue weighted by atomic mass is 10.1. The van der Waals surface area contributed by atoms with E-state index < -0.39 is 15.1 Å². The molecule has 1 aromatic heterocycles. The molecule has 1 unspecified atom stereocenters. The Hall–Kier alpha value is -1.21. The van der Waals surface area contributed by atoms with Crippen LogP contribution in [0.4, 0.5) is 5.82 Å². The van der Waals surface area contributed by atoms with Gasteiger partial charge in [-0.2, -0.15) is 0 Å². The number of anilines is 1. The monoisotopic (exact) mass is 258 g/mol. The van der Waals surface area contributed by atoms with Crippen molar-refractivity contribution in [2.45, 2.75) is 32.4 Å². The molecule has 0 amide bonds. The second-order valence-electron chi connectivity index (χ2n) is 3.96. The van der Waals surface area contributed by atoms with Gasteiger partial charge >= 0.3 is 0 Å². The van der Waals surface area contributed by atoms with Crippen molar-refractivity contribution in [2.24, 2.45) is 5.84 Å². The molecule has 17 heavy (non-hydrogen) atoms. The number of aryl methyl sites for hydroxylation is 1. The van der Waals surface area contributed by atoms with E-state index in [-0.39, 0.29) is 5.82 Å². The molecule has 1 heterocycles. The fourth-order valence-electron chi connectivity index (χ4n) is 1.53. The quantitative estimate of drug-likeness (QED) is 0.610. The zero-order valence-corrected chi connectivity index (χ0v) is 11.3. The molecule has 1 rings (SSSR count). The van der Waals surface area contributed by atoms with E-state index in [1.54, 1.807) is 6.92 Å². The molecule has 0 fully saturated rings. The van der Waals surface area contributed by atoms with Gasteiger partial charge in [-0.05, 0) is 20.3 Å². The van der Waals surface area contributed by atoms with Gasteiger partial charge in [-0.1, -0.05) is 6.92 Å². The minimum atomic E-state index is -3.21. The Morgan fingerprint density at radius 1 is 1.41 bits per heavy atom. The highest BCUT2D eigenvalue weighted by Gasteiger charge is 2.22. The van der Waals surface area contributed by atoms with Gasteiger partial charge in [0.25, 0.3) is 0 Å². The van der Waals surface area contributed by atoms with Gasteiger partial charge in [0.15, 0.2) is 9.84 Å². The van der Waals surface area contributed by atoms with E-state index in [1.807, 2.05) is 13.8 Å². The third-order valence-corrected chi connectivity index (χ3v) is 4.22. The molecule has 0 spiro atoms. The van der Waals surface area contributed by atoms with Crippen molar-refractivity contribution in [1.29, 1.82) is 0 Å². The summed E-state index contributed by atoms with van der Waals surface area (Å²) in [5.41, 5.74) is 4.14. The maximum absolute atomic E-state index is 11.5. The lowest BCUT2D eigenvalue weighted by Gasteiger charge is -2.14. The minimum absolute atomic E-state index is 0.273. The molecule has 1 aromatic rings. The van der Waals surface area contributed by atoms with Crippen LogP contribution in [0.25, 0.3) is 0 Å². The van der Waals surface area contributed by atoms with Gasteiger partial charge in [-0.3, -0.25) is 0 Å². The molecule has 1 atom stereocenters. The summed E-state index contributed by atoms with van der Waals surface area (Å²) in [5, 5.41) is -0.737. The summed E-state index contributed by atoms with van der Waals surface area (Å²) in [5.74, 6) is 6.15. The Labute approximate surface area is 102 Å². The maximum atomic E-state index is 11.5. The molecule has 7 heteroatoms. The first-order valence-corrected chi connectivity index (χ1v) is 7.29. The van der Waals surface area contributed by atoms with E-state index in [9.17, 15) is 8.42 Å². The van der Waals surface area contributed by atoms with E-state index in [0.29, 0.717) is 5.82 Å². The average molecular weight is 258 g/mol. The molecular weight excluding hydrogens is 240 g/mol. The number of nitrogens with zero attached hydrogens (tertiary/aromatic N) is 2. The molecule has 0 aliphatic carbocycles. The van der Waals surface area contributed by atoms with Crippen LogP contribution in [0.1, 0.15) is 36.2 Å². The van der Waals surface area contributed by atoms with Gasteiger partial charge < -0.3 is 5.43 Å². The number of hydrogen-bond donors (Lipinski definition) is 2. The van der Waals surface area contributed by atoms with Gasteiger partial charge in [-0.25, -0.2) is 24.2 Å². The highest BCUT2D eigenvalue weighted by molar-refractivity contribution is 7.90. The highest BCUT2D eigenvalue weighted by Crippen LogP contribution is 2.22. The molecule has 0 radical (unpaired) electrons. The molecule has 0 saturated carbocycles. The lowest BCUT2D eigenvalue weighted by molar-refractivity contribution is 0.589. The van der Waals surface area contributed by atoms with Crippen molar-refractivity contribution in [3.8, 4) is 0 Å². The Morgan fingerprint density at radius 2 is 2.00 bits per heavy atom. The molecule has 96 valence electrons. The summed E-state index contributed by atoms with van der Waals surface area (Å²) in [7, 11) is -3.21. The van der Waals surface area contributed by atoms with Crippen molar-refractivity contribution >= 4 is 15.7 Å². The van der Waals surface area contributed by atoms with Crippen LogP contribution >= 0.6 is 0 Å². The second kappa shape index (κ2) is 4.97. The number of nitrogens with two attached hydrogens (primary N) is 1. The van der Waals surface area contributed by atoms with Gasteiger partial charge in [0.2, 0.25) is 0 Å². The molecule has 0 aromatic carbocycles. The summed E-state index contributed by atoms with van der Waals surface area (Å²) in [6.45, 7) is 5.35. The van der Waals surface area contributed by atoms with Gasteiger partial charge in [0, 0.05) is 17.5 Å². The third kappa shape index (κ3) is 2.92. The fraction of sp³-hybridized carbons (Fsp3) is 0.600. The van der Waals surface area contributed by atoms with Crippen molar-refractivity contribution in [3.63, 3.8) is 0 Å². The molecule has 0 aliphatic rings. The number of aromatic nitrogens is 2. The Kier molecular flexibility index (Phi) is 4.05. The van der Waals surface area contributed by atoms with Crippen molar-refractivity contribution in [1.82, 2.24) is 9.97 Å². The molecule has 6 nitrogen and oxygen atoms in total. The molecule has 0 aliphatic heterocycles. The predicted octanol–water partition coefficient (Wildman–Crippen LogP) is 0.739. The van der Waals surface area contributed by atoms with E-state index in [1.165, 1.54) is 6.26 Å². The predicted molar refractivity (Wildman–Crippen MR) is 67.2 cm³/mol. The summed E-state index contributed by atoms with van der Waals surface area (Å²) in [6.07, 6.45) is 1.90. The summed E-state index contributed by atoms with van der Waals surface area (Å²) < 4.78 is 22.9. The van der Waals surface area contributed by atoms with Crippen LogP contribution in [0.3, 0.4) is 0 Å².